The Bertz CT molecular complexity index is 802. The third-order valence-corrected chi connectivity index (χ3v) is 5.75. The van der Waals surface area contributed by atoms with Crippen LogP contribution in [0, 0.1) is 5.92 Å². The van der Waals surface area contributed by atoms with Crippen LogP contribution in [0.3, 0.4) is 0 Å². The Morgan fingerprint density at radius 3 is 2.09 bits per heavy atom. The minimum Gasteiger partial charge on any atom is -0.370 e. The fourth-order valence-corrected chi connectivity index (χ4v) is 3.39. The fourth-order valence-electron chi connectivity index (χ4n) is 3.39. The van der Waals surface area contributed by atoms with Gasteiger partial charge in [-0.1, -0.05) is 58.0 Å². The van der Waals surface area contributed by atoms with E-state index >= 15 is 0 Å². The molecule has 0 radical (unpaired) electrons. The Labute approximate surface area is 197 Å². The van der Waals surface area contributed by atoms with Crippen LogP contribution in [0.4, 0.5) is 0 Å². The smallest absolute Gasteiger partial charge is 0.246 e. The summed E-state index contributed by atoms with van der Waals surface area (Å²) in [6, 6.07) is 8.53. The summed E-state index contributed by atoms with van der Waals surface area (Å²) >= 11 is 0. The molecule has 1 rings (SSSR count). The predicted molar refractivity (Wildman–Crippen MR) is 131 cm³/mol. The third-order valence-electron chi connectivity index (χ3n) is 5.75. The third kappa shape index (κ3) is 8.75. The average molecular weight is 461 g/mol. The first kappa shape index (κ1) is 27.9. The number of carbonyl (C=O) groups excluding carboxylic acids is 3. The summed E-state index contributed by atoms with van der Waals surface area (Å²) in [5.74, 6) is -1.18. The molecule has 9 heteroatoms. The van der Waals surface area contributed by atoms with Crippen LogP contribution in [0.2, 0.25) is 0 Å². The molecular formula is C24H40N6O3. The van der Waals surface area contributed by atoms with Gasteiger partial charge in [0.15, 0.2) is 5.96 Å². The summed E-state index contributed by atoms with van der Waals surface area (Å²) < 4.78 is 0. The van der Waals surface area contributed by atoms with Crippen molar-refractivity contribution in [3.63, 3.8) is 0 Å². The number of rotatable bonds is 13. The molecule has 184 valence electrons. The highest BCUT2D eigenvalue weighted by molar-refractivity contribution is 5.95. The van der Waals surface area contributed by atoms with Gasteiger partial charge in [-0.3, -0.25) is 19.4 Å². The Hall–Kier alpha value is -3.10. The number of guanidine groups is 1. The maximum atomic E-state index is 13.3. The molecule has 0 saturated heterocycles. The highest BCUT2D eigenvalue weighted by atomic mass is 16.2. The molecule has 0 aliphatic carbocycles. The second-order valence-corrected chi connectivity index (χ2v) is 8.55. The fraction of sp³-hybridized carbons (Fsp3) is 0.583. The van der Waals surface area contributed by atoms with Gasteiger partial charge in [-0.15, -0.1) is 0 Å². The Kier molecular flexibility index (Phi) is 11.4. The minimum atomic E-state index is -1.09. The number of benzene rings is 1. The molecule has 33 heavy (non-hydrogen) atoms. The lowest BCUT2D eigenvalue weighted by Gasteiger charge is -2.34. The first-order valence-corrected chi connectivity index (χ1v) is 11.6. The Balaban J connectivity index is 3.03. The highest BCUT2D eigenvalue weighted by Crippen LogP contribution is 2.18. The lowest BCUT2D eigenvalue weighted by Crippen LogP contribution is -2.62. The van der Waals surface area contributed by atoms with Crippen LogP contribution >= 0.6 is 0 Å². The lowest BCUT2D eigenvalue weighted by molar-refractivity contribution is -0.137. The molecular weight excluding hydrogens is 420 g/mol. The Morgan fingerprint density at radius 1 is 0.970 bits per heavy atom. The van der Waals surface area contributed by atoms with Crippen molar-refractivity contribution in [1.82, 2.24) is 16.0 Å². The van der Waals surface area contributed by atoms with Crippen LogP contribution in [0.15, 0.2) is 35.3 Å². The molecule has 0 aliphatic rings. The summed E-state index contributed by atoms with van der Waals surface area (Å²) in [7, 11) is 0. The molecule has 9 nitrogen and oxygen atoms in total. The summed E-state index contributed by atoms with van der Waals surface area (Å²) in [6.07, 6.45) is 1.64. The van der Waals surface area contributed by atoms with E-state index in [1.54, 1.807) is 13.8 Å². The van der Waals surface area contributed by atoms with Gasteiger partial charge in [-0.25, -0.2) is 0 Å². The molecule has 0 bridgehead atoms. The predicted octanol–water partition coefficient (Wildman–Crippen LogP) is 1.73. The molecule has 0 fully saturated rings. The van der Waals surface area contributed by atoms with Gasteiger partial charge in [0.2, 0.25) is 17.7 Å². The summed E-state index contributed by atoms with van der Waals surface area (Å²) in [5.41, 5.74) is 10.6. The van der Waals surface area contributed by atoms with Gasteiger partial charge in [-0.2, -0.15) is 0 Å². The quantitative estimate of drug-likeness (QED) is 0.172. The second kappa shape index (κ2) is 13.4. The monoisotopic (exact) mass is 460 g/mol. The first-order valence-electron chi connectivity index (χ1n) is 11.6. The van der Waals surface area contributed by atoms with Crippen LogP contribution in [0.5, 0.6) is 0 Å². The molecule has 0 aromatic heterocycles. The normalized spacial score (nSPS) is 13.0. The topological polar surface area (TPSA) is 152 Å². The molecule has 3 amide bonds. The van der Waals surface area contributed by atoms with E-state index in [-0.39, 0.29) is 35.6 Å². The SMILES string of the molecule is CCC(CC)(NC(=O)C(C)C)C(=O)N[C@@H](CCCN=C(N)N)C(=O)N[C@@H](C)c1ccccc1. The van der Waals surface area contributed by atoms with Crippen LogP contribution in [0.25, 0.3) is 0 Å². The largest absolute Gasteiger partial charge is 0.370 e. The van der Waals surface area contributed by atoms with Crippen molar-refractivity contribution in [3.05, 3.63) is 35.9 Å². The summed E-state index contributed by atoms with van der Waals surface area (Å²) in [4.78, 5) is 42.8. The number of nitrogens with one attached hydrogen (secondary N) is 3. The molecule has 0 saturated carbocycles. The zero-order valence-corrected chi connectivity index (χ0v) is 20.5. The highest BCUT2D eigenvalue weighted by Gasteiger charge is 2.38. The van der Waals surface area contributed by atoms with Gasteiger partial charge in [0, 0.05) is 12.5 Å². The van der Waals surface area contributed by atoms with E-state index in [0.717, 1.165) is 5.56 Å². The number of amides is 3. The van der Waals surface area contributed by atoms with Gasteiger partial charge in [-0.05, 0) is 38.2 Å². The first-order chi connectivity index (χ1) is 15.6. The van der Waals surface area contributed by atoms with Crippen molar-refractivity contribution in [2.24, 2.45) is 22.4 Å². The lowest BCUT2D eigenvalue weighted by atomic mass is 9.90. The van der Waals surface area contributed by atoms with E-state index in [1.807, 2.05) is 51.1 Å². The summed E-state index contributed by atoms with van der Waals surface area (Å²) in [6.45, 7) is 9.45. The maximum absolute atomic E-state index is 13.3. The van der Waals surface area contributed by atoms with Crippen molar-refractivity contribution >= 4 is 23.7 Å². The zero-order chi connectivity index (χ0) is 25.0. The molecule has 0 heterocycles. The van der Waals surface area contributed by atoms with E-state index in [1.165, 1.54) is 0 Å². The molecule has 0 spiro atoms. The zero-order valence-electron chi connectivity index (χ0n) is 20.5. The van der Waals surface area contributed by atoms with Gasteiger partial charge in [0.1, 0.15) is 11.6 Å². The summed E-state index contributed by atoms with van der Waals surface area (Å²) in [5, 5.41) is 8.73. The number of hydrogen-bond donors (Lipinski definition) is 5. The van der Waals surface area contributed by atoms with Gasteiger partial charge in [0.25, 0.3) is 0 Å². The van der Waals surface area contributed by atoms with E-state index < -0.39 is 11.6 Å². The second-order valence-electron chi connectivity index (χ2n) is 8.55. The van der Waals surface area contributed by atoms with Crippen LogP contribution < -0.4 is 27.4 Å². The standard InChI is InChI=1S/C24H40N6O3/c1-6-24(7-2,30-20(31)16(3)4)22(33)29-19(14-11-15-27-23(25)26)21(32)28-17(5)18-12-9-8-10-13-18/h8-10,12-13,16-17,19H,6-7,11,14-15H2,1-5H3,(H,28,32)(H,29,33)(H,30,31)(H4,25,26,27)/t17-,19-/m0/s1. The molecule has 0 unspecified atom stereocenters. The number of nitrogens with zero attached hydrogens (tertiary/aromatic N) is 1. The molecule has 2 atom stereocenters. The molecule has 7 N–H and O–H groups in total. The van der Waals surface area contributed by atoms with Crippen LogP contribution in [-0.4, -0.2) is 41.8 Å². The van der Waals surface area contributed by atoms with Gasteiger partial charge >= 0.3 is 0 Å². The van der Waals surface area contributed by atoms with Gasteiger partial charge in [0.05, 0.1) is 6.04 Å². The number of aliphatic imine (C=N–C) groups is 1. The van der Waals surface area contributed by atoms with Crippen molar-refractivity contribution in [1.29, 1.82) is 0 Å². The number of hydrogen-bond acceptors (Lipinski definition) is 4. The molecule has 0 aliphatic heterocycles. The molecule has 1 aromatic rings. The maximum Gasteiger partial charge on any atom is 0.246 e. The molecule has 1 aromatic carbocycles. The van der Waals surface area contributed by atoms with Crippen molar-refractivity contribution in [2.75, 3.05) is 6.54 Å². The minimum absolute atomic E-state index is 0.0230. The van der Waals surface area contributed by atoms with Crippen LogP contribution in [-0.2, 0) is 14.4 Å². The van der Waals surface area contributed by atoms with Crippen molar-refractivity contribution in [2.45, 2.75) is 77.9 Å². The Morgan fingerprint density at radius 2 is 1.58 bits per heavy atom. The number of carbonyl (C=O) groups is 3. The van der Waals surface area contributed by atoms with Crippen LogP contribution in [0.1, 0.15) is 71.9 Å². The number of nitrogens with two attached hydrogens (primary N) is 2. The van der Waals surface area contributed by atoms with Gasteiger partial charge < -0.3 is 27.4 Å². The van der Waals surface area contributed by atoms with E-state index in [9.17, 15) is 14.4 Å². The van der Waals surface area contributed by atoms with E-state index in [0.29, 0.717) is 32.2 Å². The van der Waals surface area contributed by atoms with E-state index in [2.05, 4.69) is 20.9 Å². The average Bonchev–Trinajstić information content (AvgIpc) is 2.79. The van der Waals surface area contributed by atoms with E-state index in [4.69, 9.17) is 11.5 Å². The van der Waals surface area contributed by atoms with Crippen molar-refractivity contribution in [3.8, 4) is 0 Å². The van der Waals surface area contributed by atoms with Crippen molar-refractivity contribution < 1.29 is 14.4 Å².